The van der Waals surface area contributed by atoms with Crippen molar-refractivity contribution in [2.45, 2.75) is 37.8 Å². The first-order valence-electron chi connectivity index (χ1n) is 6.91. The standard InChI is InChI=1S/C15H21FN2O2/c1-18(12-8-4-3-7-11(12)17)15(19)14-10(16)6-5-9-13(14)20-2/h5-6,9,11-12H,3-4,7-8,17H2,1-2H3. The summed E-state index contributed by atoms with van der Waals surface area (Å²) in [7, 11) is 3.11. The molecule has 0 aliphatic heterocycles. The summed E-state index contributed by atoms with van der Waals surface area (Å²) < 4.78 is 19.0. The lowest BCUT2D eigenvalue weighted by Crippen LogP contribution is -2.50. The monoisotopic (exact) mass is 280 g/mol. The molecule has 1 aliphatic rings. The maximum atomic E-state index is 14.0. The average Bonchev–Trinajstić information content (AvgIpc) is 2.46. The van der Waals surface area contributed by atoms with Gasteiger partial charge in [0.05, 0.1) is 7.11 Å². The second kappa shape index (κ2) is 6.22. The predicted octanol–water partition coefficient (Wildman–Crippen LogP) is 2.18. The van der Waals surface area contributed by atoms with Gasteiger partial charge in [0.25, 0.3) is 5.91 Å². The normalized spacial score (nSPS) is 22.4. The van der Waals surface area contributed by atoms with E-state index in [0.717, 1.165) is 25.7 Å². The van der Waals surface area contributed by atoms with Crippen molar-refractivity contribution in [1.29, 1.82) is 0 Å². The molecule has 1 fully saturated rings. The molecule has 1 amide bonds. The van der Waals surface area contributed by atoms with Crippen LogP contribution in [0.1, 0.15) is 36.0 Å². The minimum atomic E-state index is -0.564. The van der Waals surface area contributed by atoms with E-state index in [2.05, 4.69) is 0 Å². The molecule has 2 atom stereocenters. The Morgan fingerprint density at radius 2 is 2.10 bits per heavy atom. The molecular weight excluding hydrogens is 259 g/mol. The Bertz CT molecular complexity index is 493. The van der Waals surface area contributed by atoms with Crippen LogP contribution < -0.4 is 10.5 Å². The van der Waals surface area contributed by atoms with Gasteiger partial charge in [0.2, 0.25) is 0 Å². The van der Waals surface area contributed by atoms with Gasteiger partial charge in [-0.3, -0.25) is 4.79 Å². The third-order valence-corrected chi connectivity index (χ3v) is 4.01. The minimum absolute atomic E-state index is 0.0183. The van der Waals surface area contributed by atoms with E-state index >= 15 is 0 Å². The van der Waals surface area contributed by atoms with Crippen LogP contribution in [0.25, 0.3) is 0 Å². The van der Waals surface area contributed by atoms with Gasteiger partial charge in [-0.1, -0.05) is 18.9 Å². The molecule has 2 N–H and O–H groups in total. The summed E-state index contributed by atoms with van der Waals surface area (Å²) in [6.45, 7) is 0. The van der Waals surface area contributed by atoms with E-state index in [1.54, 1.807) is 18.0 Å². The summed E-state index contributed by atoms with van der Waals surface area (Å²) in [5, 5.41) is 0. The van der Waals surface area contributed by atoms with Gasteiger partial charge in [0.15, 0.2) is 0 Å². The van der Waals surface area contributed by atoms with Gasteiger partial charge in [-0.15, -0.1) is 0 Å². The molecule has 0 spiro atoms. The molecule has 2 unspecified atom stereocenters. The number of hydrogen-bond acceptors (Lipinski definition) is 3. The number of nitrogens with zero attached hydrogens (tertiary/aromatic N) is 1. The van der Waals surface area contributed by atoms with E-state index in [-0.39, 0.29) is 29.3 Å². The highest BCUT2D eigenvalue weighted by atomic mass is 19.1. The molecule has 0 saturated heterocycles. The van der Waals surface area contributed by atoms with Crippen molar-refractivity contribution < 1.29 is 13.9 Å². The van der Waals surface area contributed by atoms with Gasteiger partial charge in [0, 0.05) is 19.1 Å². The molecule has 20 heavy (non-hydrogen) atoms. The number of hydrogen-bond donors (Lipinski definition) is 1. The number of nitrogens with two attached hydrogens (primary N) is 1. The van der Waals surface area contributed by atoms with E-state index in [1.165, 1.54) is 19.2 Å². The summed E-state index contributed by atoms with van der Waals surface area (Å²) in [5.41, 5.74) is 6.07. The maximum Gasteiger partial charge on any atom is 0.260 e. The molecule has 4 nitrogen and oxygen atoms in total. The number of ether oxygens (including phenoxy) is 1. The van der Waals surface area contributed by atoms with Crippen LogP contribution in [0, 0.1) is 5.82 Å². The maximum absolute atomic E-state index is 14.0. The predicted molar refractivity (Wildman–Crippen MR) is 75.3 cm³/mol. The van der Waals surface area contributed by atoms with E-state index in [0.29, 0.717) is 0 Å². The van der Waals surface area contributed by atoms with E-state index in [1.807, 2.05) is 0 Å². The van der Waals surface area contributed by atoms with Crippen molar-refractivity contribution in [2.75, 3.05) is 14.2 Å². The second-order valence-electron chi connectivity index (χ2n) is 5.25. The fourth-order valence-electron chi connectivity index (χ4n) is 2.83. The molecule has 110 valence electrons. The van der Waals surface area contributed by atoms with Gasteiger partial charge in [-0.2, -0.15) is 0 Å². The fraction of sp³-hybridized carbons (Fsp3) is 0.533. The van der Waals surface area contributed by atoms with Crippen molar-refractivity contribution in [3.63, 3.8) is 0 Å². The lowest BCUT2D eigenvalue weighted by atomic mass is 9.89. The van der Waals surface area contributed by atoms with Crippen LogP contribution in [-0.4, -0.2) is 37.0 Å². The van der Waals surface area contributed by atoms with Crippen molar-refractivity contribution in [3.8, 4) is 5.75 Å². The Hall–Kier alpha value is -1.62. The molecule has 5 heteroatoms. The smallest absolute Gasteiger partial charge is 0.260 e. The number of amides is 1. The van der Waals surface area contributed by atoms with Crippen molar-refractivity contribution >= 4 is 5.91 Å². The van der Waals surface area contributed by atoms with Gasteiger partial charge >= 0.3 is 0 Å². The molecule has 1 aromatic carbocycles. The van der Waals surface area contributed by atoms with Crippen LogP contribution in [0.4, 0.5) is 4.39 Å². The molecule has 2 rings (SSSR count). The first kappa shape index (κ1) is 14.8. The summed E-state index contributed by atoms with van der Waals surface area (Å²) in [6, 6.07) is 4.29. The number of rotatable bonds is 3. The van der Waals surface area contributed by atoms with Crippen LogP contribution in [0.3, 0.4) is 0 Å². The average molecular weight is 280 g/mol. The van der Waals surface area contributed by atoms with Crippen LogP contribution in [0.2, 0.25) is 0 Å². The minimum Gasteiger partial charge on any atom is -0.496 e. The second-order valence-corrected chi connectivity index (χ2v) is 5.25. The molecule has 0 aromatic heterocycles. The molecular formula is C15H21FN2O2. The number of carbonyl (C=O) groups excluding carboxylic acids is 1. The van der Waals surface area contributed by atoms with Crippen molar-refractivity contribution in [3.05, 3.63) is 29.6 Å². The highest BCUT2D eigenvalue weighted by molar-refractivity contribution is 5.97. The van der Waals surface area contributed by atoms with Crippen LogP contribution in [0.15, 0.2) is 18.2 Å². The molecule has 1 aliphatic carbocycles. The zero-order chi connectivity index (χ0) is 14.7. The number of halogens is 1. The SMILES string of the molecule is COc1cccc(F)c1C(=O)N(C)C1CCCCC1N. The van der Waals surface area contributed by atoms with Crippen LogP contribution in [0.5, 0.6) is 5.75 Å². The molecule has 0 radical (unpaired) electrons. The van der Waals surface area contributed by atoms with E-state index in [4.69, 9.17) is 10.5 Å². The number of benzene rings is 1. The summed E-state index contributed by atoms with van der Waals surface area (Å²) in [6.07, 6.45) is 3.89. The van der Waals surface area contributed by atoms with Gasteiger partial charge in [-0.25, -0.2) is 4.39 Å². The van der Waals surface area contributed by atoms with Gasteiger partial charge in [-0.05, 0) is 25.0 Å². The molecule has 0 heterocycles. The van der Waals surface area contributed by atoms with Gasteiger partial charge in [0.1, 0.15) is 17.1 Å². The topological polar surface area (TPSA) is 55.6 Å². The van der Waals surface area contributed by atoms with Crippen molar-refractivity contribution in [1.82, 2.24) is 4.90 Å². The third-order valence-electron chi connectivity index (χ3n) is 4.01. The lowest BCUT2D eigenvalue weighted by molar-refractivity contribution is 0.0664. The highest BCUT2D eigenvalue weighted by Gasteiger charge is 2.31. The third kappa shape index (κ3) is 2.77. The Labute approximate surface area is 118 Å². The molecule has 1 aromatic rings. The van der Waals surface area contributed by atoms with Crippen LogP contribution >= 0.6 is 0 Å². The first-order chi connectivity index (χ1) is 9.56. The Kier molecular flexibility index (Phi) is 4.60. The summed E-state index contributed by atoms with van der Waals surface area (Å²) in [4.78, 5) is 14.1. The van der Waals surface area contributed by atoms with Crippen LogP contribution in [-0.2, 0) is 0 Å². The number of likely N-dealkylation sites (N-methyl/N-ethyl adjacent to an activating group) is 1. The first-order valence-corrected chi connectivity index (χ1v) is 6.91. The number of methoxy groups -OCH3 is 1. The van der Waals surface area contributed by atoms with E-state index < -0.39 is 5.82 Å². The lowest BCUT2D eigenvalue weighted by Gasteiger charge is -2.36. The fourth-order valence-corrected chi connectivity index (χ4v) is 2.83. The molecule has 0 bridgehead atoms. The summed E-state index contributed by atoms with van der Waals surface area (Å²) >= 11 is 0. The van der Waals surface area contributed by atoms with Crippen molar-refractivity contribution in [2.24, 2.45) is 5.73 Å². The van der Waals surface area contributed by atoms with E-state index in [9.17, 15) is 9.18 Å². The Morgan fingerprint density at radius 1 is 1.40 bits per heavy atom. The largest absolute Gasteiger partial charge is 0.496 e. The zero-order valence-electron chi connectivity index (χ0n) is 11.9. The highest BCUT2D eigenvalue weighted by Crippen LogP contribution is 2.26. The summed E-state index contributed by atoms with van der Waals surface area (Å²) in [5.74, 6) is -0.681. The quantitative estimate of drug-likeness (QED) is 0.923. The Morgan fingerprint density at radius 3 is 2.75 bits per heavy atom. The zero-order valence-corrected chi connectivity index (χ0v) is 11.9. The number of carbonyl (C=O) groups is 1. The Balaban J connectivity index is 2.26. The molecule has 1 saturated carbocycles. The van der Waals surface area contributed by atoms with Gasteiger partial charge < -0.3 is 15.4 Å².